The van der Waals surface area contributed by atoms with Gasteiger partial charge in [0.15, 0.2) is 0 Å². The van der Waals surface area contributed by atoms with Gasteiger partial charge in [-0.05, 0) is 12.1 Å². The van der Waals surface area contributed by atoms with E-state index in [0.717, 1.165) is 4.90 Å². The number of anilines is 1. The van der Waals surface area contributed by atoms with E-state index in [1.165, 1.54) is 25.4 Å². The molecule has 9 heteroatoms. The molecule has 7 nitrogen and oxygen atoms in total. The van der Waals surface area contributed by atoms with Gasteiger partial charge in [0.1, 0.15) is 16.6 Å². The van der Waals surface area contributed by atoms with Crippen LogP contribution in [0.15, 0.2) is 18.3 Å². The van der Waals surface area contributed by atoms with E-state index in [1.54, 1.807) is 0 Å². The molecule has 1 atom stereocenters. The molecule has 1 amide bonds. The Morgan fingerprint density at radius 1 is 1.55 bits per heavy atom. The highest BCUT2D eigenvalue weighted by atomic mass is 32.3. The van der Waals surface area contributed by atoms with Gasteiger partial charge in [0, 0.05) is 19.2 Å². The lowest BCUT2D eigenvalue weighted by Crippen LogP contribution is -2.29. The highest BCUT2D eigenvalue weighted by Gasteiger charge is 2.40. The van der Waals surface area contributed by atoms with Crippen LogP contribution in [0.1, 0.15) is 16.8 Å². The molecule has 0 N–H and O–H groups in total. The Labute approximate surface area is 114 Å². The maximum Gasteiger partial charge on any atom is 0.341 e. The molecular weight excluding hydrogens is 291 g/mol. The molecular formula is C11H11FN2O5S. The second-order valence-electron chi connectivity index (χ2n) is 4.17. The first-order valence-corrected chi connectivity index (χ1v) is 7.06. The summed E-state index contributed by atoms with van der Waals surface area (Å²) in [5, 5.41) is -1.44. The third-order valence-corrected chi connectivity index (χ3v) is 4.05. The number of hydrogen-bond acceptors (Lipinski definition) is 6. The Balaban J connectivity index is 2.38. The number of amides is 1. The summed E-state index contributed by atoms with van der Waals surface area (Å²) in [7, 11) is -3.66. The van der Waals surface area contributed by atoms with Crippen molar-refractivity contribution in [2.24, 2.45) is 0 Å². The molecule has 1 unspecified atom stereocenters. The van der Waals surface area contributed by atoms with E-state index in [9.17, 15) is 21.9 Å². The molecule has 0 bridgehead atoms. The molecule has 1 aliphatic heterocycles. The van der Waals surface area contributed by atoms with Gasteiger partial charge >= 0.3 is 16.2 Å². The number of pyridine rings is 1. The Kier molecular flexibility index (Phi) is 3.71. The zero-order valence-electron chi connectivity index (χ0n) is 10.4. The van der Waals surface area contributed by atoms with Crippen LogP contribution in [0, 0.1) is 0 Å². The number of carbonyl (C=O) groups excluding carboxylic acids is 2. The maximum atomic E-state index is 13.0. The second-order valence-corrected chi connectivity index (χ2v) is 5.79. The van der Waals surface area contributed by atoms with Crippen LogP contribution in [0.3, 0.4) is 0 Å². The third-order valence-electron chi connectivity index (χ3n) is 2.94. The molecule has 1 aromatic heterocycles. The quantitative estimate of drug-likeness (QED) is 0.588. The molecule has 0 aliphatic carbocycles. The van der Waals surface area contributed by atoms with Crippen molar-refractivity contribution in [3.05, 3.63) is 23.9 Å². The Hall–Kier alpha value is -2.03. The Morgan fingerprint density at radius 3 is 2.80 bits per heavy atom. The predicted molar refractivity (Wildman–Crippen MR) is 66.4 cm³/mol. The van der Waals surface area contributed by atoms with Crippen LogP contribution in [-0.4, -0.2) is 44.2 Å². The number of halogens is 1. The summed E-state index contributed by atoms with van der Waals surface area (Å²) in [4.78, 5) is 28.2. The molecule has 2 heterocycles. The van der Waals surface area contributed by atoms with Crippen molar-refractivity contribution < 1.29 is 26.6 Å². The lowest BCUT2D eigenvalue weighted by Gasteiger charge is -2.17. The summed E-state index contributed by atoms with van der Waals surface area (Å²) in [6.07, 6.45) is 0.863. The monoisotopic (exact) mass is 302 g/mol. The number of nitrogens with zero attached hydrogens (tertiary/aromatic N) is 2. The topological polar surface area (TPSA) is 93.6 Å². The summed E-state index contributed by atoms with van der Waals surface area (Å²) in [5.41, 5.74) is 0.0141. The van der Waals surface area contributed by atoms with Gasteiger partial charge in [0.2, 0.25) is 5.91 Å². The molecule has 0 radical (unpaired) electrons. The highest BCUT2D eigenvalue weighted by molar-refractivity contribution is 7.87. The van der Waals surface area contributed by atoms with Gasteiger partial charge in [0.25, 0.3) is 0 Å². The van der Waals surface area contributed by atoms with Crippen LogP contribution in [0.4, 0.5) is 9.70 Å². The van der Waals surface area contributed by atoms with E-state index in [-0.39, 0.29) is 17.9 Å². The smallest absolute Gasteiger partial charge is 0.341 e. The first-order valence-electron chi connectivity index (χ1n) is 5.61. The molecule has 1 saturated heterocycles. The zero-order chi connectivity index (χ0) is 14.9. The van der Waals surface area contributed by atoms with Gasteiger partial charge in [-0.2, -0.15) is 8.42 Å². The number of ether oxygens (including phenoxy) is 1. The van der Waals surface area contributed by atoms with E-state index in [2.05, 4.69) is 9.72 Å². The van der Waals surface area contributed by atoms with Gasteiger partial charge in [-0.15, -0.1) is 3.89 Å². The van der Waals surface area contributed by atoms with Crippen molar-refractivity contribution >= 4 is 27.9 Å². The highest BCUT2D eigenvalue weighted by Crippen LogP contribution is 2.27. The second kappa shape index (κ2) is 5.16. The first-order chi connectivity index (χ1) is 9.34. The van der Waals surface area contributed by atoms with Crippen LogP contribution in [0.25, 0.3) is 0 Å². The maximum absolute atomic E-state index is 13.0. The first kappa shape index (κ1) is 14.4. The van der Waals surface area contributed by atoms with Crippen molar-refractivity contribution in [3.8, 4) is 0 Å². The van der Waals surface area contributed by atoms with E-state index in [0.29, 0.717) is 0 Å². The summed E-state index contributed by atoms with van der Waals surface area (Å²) >= 11 is 0. The van der Waals surface area contributed by atoms with Crippen LogP contribution >= 0.6 is 0 Å². The van der Waals surface area contributed by atoms with Crippen LogP contribution in [-0.2, 0) is 19.8 Å². The van der Waals surface area contributed by atoms with Crippen molar-refractivity contribution in [1.29, 1.82) is 0 Å². The largest absolute Gasteiger partial charge is 0.465 e. The van der Waals surface area contributed by atoms with Crippen molar-refractivity contribution in [3.63, 3.8) is 0 Å². The molecule has 1 aliphatic rings. The fourth-order valence-electron chi connectivity index (χ4n) is 1.95. The number of aromatic nitrogens is 1. The summed E-state index contributed by atoms with van der Waals surface area (Å²) < 4.78 is 39.3. The number of methoxy groups -OCH3 is 1. The summed E-state index contributed by atoms with van der Waals surface area (Å²) in [5.74, 6) is -1.36. The Morgan fingerprint density at radius 2 is 2.25 bits per heavy atom. The SMILES string of the molecule is COC(=O)c1cccnc1N1CC(S(=O)(=O)F)CC1=O. The number of rotatable bonds is 3. The van der Waals surface area contributed by atoms with Gasteiger partial charge in [-0.3, -0.25) is 9.69 Å². The average molecular weight is 302 g/mol. The minimum Gasteiger partial charge on any atom is -0.465 e. The fraction of sp³-hybridized carbons (Fsp3) is 0.364. The molecule has 108 valence electrons. The normalized spacial score (nSPS) is 19.2. The number of esters is 1. The van der Waals surface area contributed by atoms with E-state index >= 15 is 0 Å². The van der Waals surface area contributed by atoms with Crippen LogP contribution < -0.4 is 4.90 Å². The number of hydrogen-bond donors (Lipinski definition) is 0. The molecule has 0 saturated carbocycles. The van der Waals surface area contributed by atoms with Crippen LogP contribution in [0.5, 0.6) is 0 Å². The molecule has 2 rings (SSSR count). The van der Waals surface area contributed by atoms with Crippen molar-refractivity contribution in [2.45, 2.75) is 11.7 Å². The Bertz CT molecular complexity index is 661. The molecule has 0 spiro atoms. The summed E-state index contributed by atoms with van der Waals surface area (Å²) in [6.45, 7) is -0.376. The zero-order valence-corrected chi connectivity index (χ0v) is 11.3. The minimum atomic E-state index is -4.82. The standard InChI is InChI=1S/C11H11FN2O5S/c1-19-11(16)8-3-2-4-13-10(8)14-6-7(5-9(14)15)20(12,17)18/h2-4,7H,5-6H2,1H3. The van der Waals surface area contributed by atoms with Gasteiger partial charge in [0.05, 0.1) is 7.11 Å². The van der Waals surface area contributed by atoms with Crippen molar-refractivity contribution in [1.82, 2.24) is 4.98 Å². The molecule has 1 fully saturated rings. The van der Waals surface area contributed by atoms with Crippen LogP contribution in [0.2, 0.25) is 0 Å². The predicted octanol–water partition coefficient (Wildman–Crippen LogP) is 0.273. The third kappa shape index (κ3) is 2.62. The molecule has 0 aromatic carbocycles. The minimum absolute atomic E-state index is 0.0141. The van der Waals surface area contributed by atoms with E-state index in [1.807, 2.05) is 0 Å². The molecule has 1 aromatic rings. The number of carbonyl (C=O) groups is 2. The van der Waals surface area contributed by atoms with Gasteiger partial charge in [-0.25, -0.2) is 9.78 Å². The van der Waals surface area contributed by atoms with E-state index in [4.69, 9.17) is 0 Å². The average Bonchev–Trinajstić information content (AvgIpc) is 2.80. The molecule has 20 heavy (non-hydrogen) atoms. The lowest BCUT2D eigenvalue weighted by atomic mass is 10.2. The fourth-order valence-corrected chi connectivity index (χ4v) is 2.62. The van der Waals surface area contributed by atoms with Gasteiger partial charge < -0.3 is 4.74 Å². The van der Waals surface area contributed by atoms with Gasteiger partial charge in [-0.1, -0.05) is 0 Å². The van der Waals surface area contributed by atoms with Crippen molar-refractivity contribution in [2.75, 3.05) is 18.6 Å². The summed E-state index contributed by atoms with van der Waals surface area (Å²) in [6, 6.07) is 2.86. The lowest BCUT2D eigenvalue weighted by molar-refractivity contribution is -0.117. The van der Waals surface area contributed by atoms with E-state index < -0.39 is 33.8 Å².